The first-order valence-corrected chi connectivity index (χ1v) is 15.4. The van der Waals surface area contributed by atoms with Gasteiger partial charge in [0.1, 0.15) is 5.78 Å². The number of allylic oxidation sites excluding steroid dienone is 4. The van der Waals surface area contributed by atoms with Crippen LogP contribution in [-0.4, -0.2) is 59.7 Å². The molecule has 0 amide bonds. The Morgan fingerprint density at radius 3 is 1.74 bits per heavy atom. The zero-order chi connectivity index (χ0) is 31.8. The quantitative estimate of drug-likeness (QED) is 0.124. The number of ketones is 2. The molecule has 0 unspecified atom stereocenters. The van der Waals surface area contributed by atoms with Crippen LogP contribution in [0.25, 0.3) is 0 Å². The van der Waals surface area contributed by atoms with Crippen LogP contribution in [0.4, 0.5) is 26.3 Å². The molecule has 0 aromatic heterocycles. The smallest absolute Gasteiger partial charge is 0.741 e. The van der Waals surface area contributed by atoms with Gasteiger partial charge in [0.05, 0.1) is 6.10 Å². The zero-order valence-electron chi connectivity index (χ0n) is 25.9. The van der Waals surface area contributed by atoms with Gasteiger partial charge in [-0.25, -0.2) is 16.8 Å². The molecule has 0 radical (unpaired) electrons. The van der Waals surface area contributed by atoms with Gasteiger partial charge in [-0.05, 0) is 86.7 Å². The number of hydrogen-bond acceptors (Lipinski definition) is 14. The Bertz CT molecular complexity index is 1270. The molecule has 14 nitrogen and oxygen atoms in total. The molecule has 2 fully saturated rings. The third-order valence-electron chi connectivity index (χ3n) is 8.45. The number of hydrogen-bond donors (Lipinski definition) is 6. The van der Waals surface area contributed by atoms with Crippen LogP contribution in [0.2, 0.25) is 0 Å². The second-order valence-electron chi connectivity index (χ2n) is 10.9. The van der Waals surface area contributed by atoms with Crippen LogP contribution in [0, 0.1) is 29.1 Å². The summed E-state index contributed by atoms with van der Waals surface area (Å²) in [6, 6.07) is 0. The van der Waals surface area contributed by atoms with Crippen molar-refractivity contribution >= 4 is 31.8 Å². The number of alkyl halides is 6. The van der Waals surface area contributed by atoms with Crippen molar-refractivity contribution in [3.8, 4) is 0 Å². The van der Waals surface area contributed by atoms with Gasteiger partial charge in [0.25, 0.3) is 0 Å². The van der Waals surface area contributed by atoms with E-state index in [1.807, 2.05) is 0 Å². The number of carbonyl (C=O) groups is 2. The molecule has 0 saturated heterocycles. The first-order valence-electron chi connectivity index (χ1n) is 12.6. The van der Waals surface area contributed by atoms with Crippen molar-refractivity contribution in [1.82, 2.24) is 30.8 Å². The van der Waals surface area contributed by atoms with Gasteiger partial charge in [-0.3, -0.25) is 4.79 Å². The predicted molar refractivity (Wildman–Crippen MR) is 153 cm³/mol. The number of aliphatic hydroxyl groups excluding tert-OH is 1. The molecule has 0 bridgehead atoms. The molecule has 0 aliphatic heterocycles. The first kappa shape index (κ1) is 55.0. The van der Waals surface area contributed by atoms with Crippen molar-refractivity contribution in [2.45, 2.75) is 82.3 Å². The van der Waals surface area contributed by atoms with Crippen molar-refractivity contribution < 1.29 is 86.8 Å². The van der Waals surface area contributed by atoms with Crippen molar-refractivity contribution in [2.24, 2.45) is 29.1 Å². The second-order valence-corrected chi connectivity index (χ2v) is 13.6. The van der Waals surface area contributed by atoms with Crippen LogP contribution < -0.4 is 30.8 Å². The molecule has 6 atom stereocenters. The molecule has 0 spiro atoms. The van der Waals surface area contributed by atoms with Gasteiger partial charge in [-0.1, -0.05) is 18.6 Å². The molecule has 47 heavy (non-hydrogen) atoms. The average molecular weight is 916 g/mol. The molecule has 23 heteroatoms. The Hall–Kier alpha value is -1.38. The van der Waals surface area contributed by atoms with E-state index < -0.39 is 31.3 Å². The van der Waals surface area contributed by atoms with E-state index in [9.17, 15) is 41.0 Å². The fraction of sp³-hybridized carbons (Fsp3) is 0.750. The normalized spacial score (nSPS) is 27.6. The maximum Gasteiger partial charge on any atom is 2.00 e. The number of halogens is 6. The van der Waals surface area contributed by atoms with E-state index in [4.69, 9.17) is 25.9 Å². The summed E-state index contributed by atoms with van der Waals surface area (Å²) in [5.74, 6) is 2.13. The molecular formula is C24H45F6N5O9OsS2. The summed E-state index contributed by atoms with van der Waals surface area (Å²) < 4.78 is 118. The molecule has 4 rings (SSSR count). The Balaban J connectivity index is -0.000000228. The zero-order valence-corrected chi connectivity index (χ0v) is 30.1. The number of aliphatic hydroxyl groups is 1. The third kappa shape index (κ3) is 13.1. The summed E-state index contributed by atoms with van der Waals surface area (Å²) in [5, 5.41) is 10.5. The minimum atomic E-state index is -6.09. The second kappa shape index (κ2) is 19.7. The standard InChI is InChI=1S/C22H30O3.2CHF3O3S.5H3N.Os/c1-13(23)3-4-18-15-5-6-17-16(14(15)7-9-20(18)24)11-12-22(2)19(17)8-10-21(22)25;2*2-1(3,4)8(5,6)7;;;;;;/h7,9,16-19,21,25H,3-6,8,10-12H2,1-2H3;2*(H,5,6,7);5*1H3;/q;;;;;;;;+2/p-2/t16-,17-,18-,19+,21+,22+;;;;;;;;/m1......../s1. The molecule has 2 saturated carbocycles. The fourth-order valence-corrected chi connectivity index (χ4v) is 6.48. The Labute approximate surface area is 283 Å². The monoisotopic (exact) mass is 917 g/mol. The fourth-order valence-electron chi connectivity index (χ4n) is 6.48. The van der Waals surface area contributed by atoms with Crippen LogP contribution in [0.5, 0.6) is 0 Å². The summed E-state index contributed by atoms with van der Waals surface area (Å²) >= 11 is 0. The molecule has 0 aromatic carbocycles. The molecular weight excluding hydrogens is 871 g/mol. The first-order chi connectivity index (χ1) is 18.4. The number of rotatable bonds is 3. The minimum absolute atomic E-state index is 0. The molecule has 0 heterocycles. The Kier molecular flexibility index (Phi) is 23.1. The van der Waals surface area contributed by atoms with E-state index in [1.54, 1.807) is 13.0 Å². The minimum Gasteiger partial charge on any atom is -0.741 e. The predicted octanol–water partition coefficient (Wildman–Crippen LogP) is 4.91. The van der Waals surface area contributed by atoms with Crippen LogP contribution in [0.3, 0.4) is 0 Å². The average Bonchev–Trinajstić information content (AvgIpc) is 3.10. The van der Waals surface area contributed by atoms with Gasteiger partial charge < -0.3 is 49.8 Å². The van der Waals surface area contributed by atoms with Crippen LogP contribution >= 0.6 is 0 Å². The van der Waals surface area contributed by atoms with E-state index in [2.05, 4.69) is 13.0 Å². The topological polar surface area (TPSA) is 344 Å². The molecule has 4 aliphatic rings. The van der Waals surface area contributed by atoms with Crippen molar-refractivity contribution in [3.05, 3.63) is 23.3 Å². The van der Waals surface area contributed by atoms with E-state index >= 15 is 0 Å². The SMILES string of the molecule is CC(=O)CC[C@H]1C(=O)C=CC2=C1CC[C@@H]1[C@@H]2CC[C@]2(C)[C@@H](O)CC[C@@H]12.N.N.N.N.N.O=S(=O)([O-])C(F)(F)F.O=S(=O)([O-])C(F)(F)F.[Os+2]. The van der Waals surface area contributed by atoms with Crippen LogP contribution in [-0.2, 0) is 49.6 Å². The van der Waals surface area contributed by atoms with Crippen LogP contribution in [0.1, 0.15) is 65.2 Å². The summed E-state index contributed by atoms with van der Waals surface area (Å²) in [6.07, 6.45) is 11.4. The summed E-state index contributed by atoms with van der Waals surface area (Å²) in [7, 11) is -12.2. The van der Waals surface area contributed by atoms with Crippen molar-refractivity contribution in [3.63, 3.8) is 0 Å². The van der Waals surface area contributed by atoms with Gasteiger partial charge in [0.2, 0.25) is 0 Å². The van der Waals surface area contributed by atoms with Gasteiger partial charge in [-0.2, -0.15) is 26.3 Å². The maximum absolute atomic E-state index is 12.4. The molecule has 0 aromatic rings. The number of fused-ring (bicyclic) bond motifs is 4. The van der Waals surface area contributed by atoms with Gasteiger partial charge in [-0.15, -0.1) is 0 Å². The summed E-state index contributed by atoms with van der Waals surface area (Å²) in [6.45, 7) is 3.91. The third-order valence-corrected chi connectivity index (χ3v) is 9.58. The van der Waals surface area contributed by atoms with E-state index in [1.165, 1.54) is 11.1 Å². The molecule has 16 N–H and O–H groups in total. The van der Waals surface area contributed by atoms with Crippen molar-refractivity contribution in [1.29, 1.82) is 0 Å². The number of Topliss-reactive ketones (excluding diaryl/α,β-unsaturated/α-hetero) is 1. The molecule has 4 aliphatic carbocycles. The van der Waals surface area contributed by atoms with E-state index in [0.29, 0.717) is 30.6 Å². The Morgan fingerprint density at radius 2 is 1.34 bits per heavy atom. The Morgan fingerprint density at radius 1 is 0.894 bits per heavy atom. The summed E-state index contributed by atoms with van der Waals surface area (Å²) in [5.41, 5.74) is -8.45. The van der Waals surface area contributed by atoms with Gasteiger partial charge in [0, 0.05) is 12.3 Å². The van der Waals surface area contributed by atoms with E-state index in [0.717, 1.165) is 38.5 Å². The largest absolute Gasteiger partial charge is 2.00 e. The van der Waals surface area contributed by atoms with Crippen LogP contribution in [0.15, 0.2) is 23.3 Å². The summed E-state index contributed by atoms with van der Waals surface area (Å²) in [4.78, 5) is 23.8. The maximum atomic E-state index is 12.4. The van der Waals surface area contributed by atoms with Gasteiger partial charge >= 0.3 is 30.8 Å². The van der Waals surface area contributed by atoms with Gasteiger partial charge in [0.15, 0.2) is 26.0 Å². The van der Waals surface area contributed by atoms with E-state index in [-0.39, 0.29) is 79.5 Å². The van der Waals surface area contributed by atoms with Crippen molar-refractivity contribution in [2.75, 3.05) is 0 Å². The molecule has 282 valence electrons. The number of carbonyl (C=O) groups excluding carboxylic acids is 2.